The molecule has 0 saturated heterocycles. The van der Waals surface area contributed by atoms with Crippen molar-refractivity contribution in [2.75, 3.05) is 0 Å². The first-order valence-electron chi connectivity index (χ1n) is 15.5. The molecule has 0 fully saturated rings. The predicted molar refractivity (Wildman–Crippen MR) is 175 cm³/mol. The molecular formula is C41H38. The monoisotopic (exact) mass is 530 g/mol. The van der Waals surface area contributed by atoms with Crippen LogP contribution in [0.1, 0.15) is 78.8 Å². The highest BCUT2D eigenvalue weighted by Crippen LogP contribution is 2.57. The maximum atomic E-state index is 2.47. The van der Waals surface area contributed by atoms with E-state index in [2.05, 4.69) is 134 Å². The molecule has 3 aliphatic carbocycles. The van der Waals surface area contributed by atoms with E-state index in [1.165, 1.54) is 80.5 Å². The third-order valence-electron chi connectivity index (χ3n) is 9.32. The minimum absolute atomic E-state index is 0.278. The summed E-state index contributed by atoms with van der Waals surface area (Å²) in [6.45, 7) is 2.27. The molecule has 202 valence electrons. The lowest BCUT2D eigenvalue weighted by Crippen LogP contribution is -2.29. The fourth-order valence-corrected chi connectivity index (χ4v) is 7.28. The van der Waals surface area contributed by atoms with Gasteiger partial charge in [0.05, 0.1) is 5.41 Å². The lowest BCUT2D eigenvalue weighted by atomic mass is 9.66. The third kappa shape index (κ3) is 4.47. The SMILES string of the molecule is CCCCc1cccc(C2=CC=C(c3ccc4c(c3)-c3ccccc3C4(C3=CCCC=C3)c3ccccc3)CC2)c1. The van der Waals surface area contributed by atoms with Gasteiger partial charge in [-0.3, -0.25) is 0 Å². The normalized spacial score (nSPS) is 19.2. The third-order valence-corrected chi connectivity index (χ3v) is 9.32. The molecule has 7 rings (SSSR count). The topological polar surface area (TPSA) is 0 Å². The van der Waals surface area contributed by atoms with Gasteiger partial charge < -0.3 is 0 Å². The molecule has 0 amide bonds. The fourth-order valence-electron chi connectivity index (χ4n) is 7.28. The standard InChI is InChI=1S/C41H38/c1-2-3-13-30-14-12-15-33(28-30)31-22-24-32(25-23-31)34-26-27-40-38(29-34)37-20-10-11-21-39(37)41(40,35-16-6-4-7-17-35)36-18-8-5-9-19-36/h4,6-8,10-12,14-22,24,26-29H,2-3,5,9,13,23,25H2,1H3. The summed E-state index contributed by atoms with van der Waals surface area (Å²) in [6.07, 6.45) is 20.0. The lowest BCUT2D eigenvalue weighted by Gasteiger charge is -2.35. The molecule has 0 heteroatoms. The quantitative estimate of drug-likeness (QED) is 0.223. The fraction of sp³-hybridized carbons (Fsp3) is 0.220. The van der Waals surface area contributed by atoms with Gasteiger partial charge in [0.2, 0.25) is 0 Å². The Bertz CT molecular complexity index is 1710. The van der Waals surface area contributed by atoms with Crippen LogP contribution in [0.4, 0.5) is 0 Å². The van der Waals surface area contributed by atoms with E-state index in [1.807, 2.05) is 0 Å². The van der Waals surface area contributed by atoms with Crippen LogP contribution < -0.4 is 0 Å². The number of hydrogen-bond acceptors (Lipinski definition) is 0. The molecule has 3 aliphatic rings. The number of allylic oxidation sites excluding steroid dienone is 8. The summed E-state index contributed by atoms with van der Waals surface area (Å²) in [6, 6.07) is 36.7. The molecule has 0 nitrogen and oxygen atoms in total. The zero-order chi connectivity index (χ0) is 27.6. The Morgan fingerprint density at radius 1 is 0.659 bits per heavy atom. The molecule has 1 atom stereocenters. The van der Waals surface area contributed by atoms with Crippen LogP contribution in [0.15, 0.2) is 133 Å². The van der Waals surface area contributed by atoms with Crippen molar-refractivity contribution in [1.82, 2.24) is 0 Å². The van der Waals surface area contributed by atoms with Crippen LogP contribution in [0.2, 0.25) is 0 Å². The van der Waals surface area contributed by atoms with Gasteiger partial charge in [-0.1, -0.05) is 135 Å². The summed E-state index contributed by atoms with van der Waals surface area (Å²) in [5.41, 5.74) is 15.1. The highest BCUT2D eigenvalue weighted by Gasteiger charge is 2.46. The molecule has 1 unspecified atom stereocenters. The number of benzene rings is 4. The summed E-state index contributed by atoms with van der Waals surface area (Å²) in [7, 11) is 0. The van der Waals surface area contributed by atoms with Gasteiger partial charge in [-0.2, -0.15) is 0 Å². The summed E-state index contributed by atoms with van der Waals surface area (Å²) in [5, 5.41) is 0. The van der Waals surface area contributed by atoms with Crippen molar-refractivity contribution < 1.29 is 0 Å². The maximum Gasteiger partial charge on any atom is 0.0710 e. The average molecular weight is 531 g/mol. The van der Waals surface area contributed by atoms with Crippen molar-refractivity contribution in [3.8, 4) is 11.1 Å². The second kappa shape index (κ2) is 11.0. The van der Waals surface area contributed by atoms with Crippen LogP contribution in [0.3, 0.4) is 0 Å². The van der Waals surface area contributed by atoms with Gasteiger partial charge in [0.1, 0.15) is 0 Å². The number of fused-ring (bicyclic) bond motifs is 3. The highest BCUT2D eigenvalue weighted by molar-refractivity contribution is 5.89. The second-order valence-corrected chi connectivity index (χ2v) is 11.7. The Morgan fingerprint density at radius 2 is 1.41 bits per heavy atom. The van der Waals surface area contributed by atoms with E-state index in [9.17, 15) is 0 Å². The van der Waals surface area contributed by atoms with E-state index in [4.69, 9.17) is 0 Å². The average Bonchev–Trinajstić information content (AvgIpc) is 3.35. The number of aryl methyl sites for hydroxylation is 1. The van der Waals surface area contributed by atoms with Crippen LogP contribution in [0.5, 0.6) is 0 Å². The molecule has 0 bridgehead atoms. The van der Waals surface area contributed by atoms with Crippen LogP contribution in [0.25, 0.3) is 22.3 Å². The van der Waals surface area contributed by atoms with Crippen LogP contribution >= 0.6 is 0 Å². The Labute approximate surface area is 245 Å². The summed E-state index contributed by atoms with van der Waals surface area (Å²) >= 11 is 0. The van der Waals surface area contributed by atoms with Gasteiger partial charge >= 0.3 is 0 Å². The molecule has 0 aromatic heterocycles. The lowest BCUT2D eigenvalue weighted by molar-refractivity contribution is 0.751. The molecule has 4 aromatic rings. The zero-order valence-corrected chi connectivity index (χ0v) is 24.1. The van der Waals surface area contributed by atoms with Gasteiger partial charge in [0.25, 0.3) is 0 Å². The van der Waals surface area contributed by atoms with Crippen molar-refractivity contribution in [1.29, 1.82) is 0 Å². The van der Waals surface area contributed by atoms with Gasteiger partial charge in [-0.25, -0.2) is 0 Å². The largest absolute Gasteiger partial charge is 0.0839 e. The van der Waals surface area contributed by atoms with Crippen LogP contribution in [-0.4, -0.2) is 0 Å². The summed E-state index contributed by atoms with van der Waals surface area (Å²) in [4.78, 5) is 0. The van der Waals surface area contributed by atoms with Crippen molar-refractivity contribution >= 4 is 11.1 Å². The molecule has 0 aliphatic heterocycles. The van der Waals surface area contributed by atoms with E-state index >= 15 is 0 Å². The van der Waals surface area contributed by atoms with Crippen LogP contribution in [-0.2, 0) is 11.8 Å². The molecule has 0 N–H and O–H groups in total. The van der Waals surface area contributed by atoms with Crippen LogP contribution in [0, 0.1) is 0 Å². The second-order valence-electron chi connectivity index (χ2n) is 11.7. The summed E-state index contributed by atoms with van der Waals surface area (Å²) < 4.78 is 0. The first-order valence-corrected chi connectivity index (χ1v) is 15.5. The number of hydrogen-bond donors (Lipinski definition) is 0. The first-order chi connectivity index (χ1) is 20.3. The molecule has 4 aromatic carbocycles. The Morgan fingerprint density at radius 3 is 2.17 bits per heavy atom. The maximum absolute atomic E-state index is 2.47. The van der Waals surface area contributed by atoms with Crippen molar-refractivity contribution in [2.24, 2.45) is 0 Å². The van der Waals surface area contributed by atoms with Gasteiger partial charge in [-0.05, 0) is 106 Å². The molecular weight excluding hydrogens is 492 g/mol. The van der Waals surface area contributed by atoms with Gasteiger partial charge in [0, 0.05) is 0 Å². The Kier molecular flexibility index (Phi) is 6.93. The van der Waals surface area contributed by atoms with Crippen molar-refractivity contribution in [3.05, 3.63) is 166 Å². The zero-order valence-electron chi connectivity index (χ0n) is 24.1. The molecule has 0 spiro atoms. The van der Waals surface area contributed by atoms with Crippen molar-refractivity contribution in [3.63, 3.8) is 0 Å². The highest BCUT2D eigenvalue weighted by atomic mass is 14.5. The number of unbranched alkanes of at least 4 members (excludes halogenated alkanes) is 1. The molecule has 0 heterocycles. The minimum atomic E-state index is -0.278. The van der Waals surface area contributed by atoms with E-state index in [1.54, 1.807) is 0 Å². The van der Waals surface area contributed by atoms with Crippen molar-refractivity contribution in [2.45, 2.75) is 57.3 Å². The van der Waals surface area contributed by atoms with Gasteiger partial charge in [0.15, 0.2) is 0 Å². The van der Waals surface area contributed by atoms with E-state index in [0.717, 1.165) is 25.7 Å². The first kappa shape index (κ1) is 25.8. The minimum Gasteiger partial charge on any atom is -0.0839 e. The Balaban J connectivity index is 1.31. The summed E-state index contributed by atoms with van der Waals surface area (Å²) in [5.74, 6) is 0. The van der Waals surface area contributed by atoms with E-state index in [-0.39, 0.29) is 5.41 Å². The molecule has 0 saturated carbocycles. The Hall–Kier alpha value is -4.16. The number of rotatable bonds is 7. The molecule has 0 radical (unpaired) electrons. The smallest absolute Gasteiger partial charge is 0.0710 e. The predicted octanol–water partition coefficient (Wildman–Crippen LogP) is 10.9. The molecule has 41 heavy (non-hydrogen) atoms. The van der Waals surface area contributed by atoms with E-state index < -0.39 is 0 Å². The van der Waals surface area contributed by atoms with E-state index in [0.29, 0.717) is 0 Å². The van der Waals surface area contributed by atoms with Gasteiger partial charge in [-0.15, -0.1) is 0 Å².